The van der Waals surface area contributed by atoms with Crippen LogP contribution < -0.4 is 0 Å². The van der Waals surface area contributed by atoms with Crippen LogP contribution in [0.25, 0.3) is 0 Å². The Bertz CT molecular complexity index is 439. The lowest BCUT2D eigenvalue weighted by atomic mass is 10.3. The molecule has 162 valence electrons. The first kappa shape index (κ1) is 26.8. The van der Waals surface area contributed by atoms with E-state index in [-0.39, 0.29) is 0 Å². The predicted molar refractivity (Wildman–Crippen MR) is 121 cm³/mol. The van der Waals surface area contributed by atoms with Gasteiger partial charge in [-0.2, -0.15) is 4.52 Å². The zero-order valence-electron chi connectivity index (χ0n) is 16.5. The lowest BCUT2D eigenvalue weighted by Crippen LogP contribution is -2.18. The highest BCUT2D eigenvalue weighted by Gasteiger charge is 2.47. The molecule has 0 radical (unpaired) electrons. The average Bonchev–Trinajstić information content (AvgIpc) is 2.67. The van der Waals surface area contributed by atoms with Crippen LogP contribution in [0.5, 0.6) is 0 Å². The maximum Gasteiger partial charge on any atom is 0.317 e. The second-order valence-electron chi connectivity index (χ2n) is 6.18. The fourth-order valence-electron chi connectivity index (χ4n) is 2.21. The van der Waals surface area contributed by atoms with E-state index >= 15 is 0 Å². The molecule has 1 rings (SSSR count). The highest BCUT2D eigenvalue weighted by atomic mass is 35.7. The zero-order chi connectivity index (χ0) is 20.1. The minimum absolute atomic E-state index is 0.531. The molecule has 0 amide bonds. The van der Waals surface area contributed by atoms with Gasteiger partial charge in [-0.1, -0.05) is 74.5 Å². The van der Waals surface area contributed by atoms with Crippen LogP contribution in [0.2, 0.25) is 0 Å². The van der Waals surface area contributed by atoms with E-state index in [2.05, 4.69) is 20.8 Å². The molecule has 0 fully saturated rings. The van der Waals surface area contributed by atoms with Crippen molar-refractivity contribution in [2.24, 2.45) is 4.52 Å². The summed E-state index contributed by atoms with van der Waals surface area (Å²) in [6, 6.07) is 0. The van der Waals surface area contributed by atoms with Crippen LogP contribution in [0.15, 0.2) is 4.52 Å². The number of unbranched alkanes of at least 4 members (excludes halogenated alkanes) is 6. The Morgan fingerprint density at radius 1 is 0.815 bits per heavy atom. The van der Waals surface area contributed by atoms with Gasteiger partial charge in [0.25, 0.3) is 8.45 Å². The molecule has 2 unspecified atom stereocenters. The van der Waals surface area contributed by atoms with Crippen molar-refractivity contribution in [3.63, 3.8) is 0 Å². The molecule has 0 N–H and O–H groups in total. The van der Waals surface area contributed by atoms with Crippen molar-refractivity contribution < 1.29 is 13.6 Å². The number of hydrogen-bond acceptors (Lipinski definition) is 6. The van der Waals surface area contributed by atoms with Crippen molar-refractivity contribution >= 4 is 58.5 Å². The topological polar surface area (TPSA) is 46.5 Å². The molecular formula is C15H33Cl3N3O3P3. The lowest BCUT2D eigenvalue weighted by Gasteiger charge is -2.40. The third-order valence-electron chi connectivity index (χ3n) is 3.78. The molecule has 0 saturated heterocycles. The van der Waals surface area contributed by atoms with Gasteiger partial charge in [0.1, 0.15) is 0 Å². The van der Waals surface area contributed by atoms with Crippen molar-refractivity contribution in [3.05, 3.63) is 0 Å². The molecule has 0 spiro atoms. The third kappa shape index (κ3) is 9.19. The second-order valence-corrected chi connectivity index (χ2v) is 14.4. The van der Waals surface area contributed by atoms with Crippen molar-refractivity contribution in [1.82, 2.24) is 7.92 Å². The SMILES string of the molecule is CCCCCOP1N=P(OCCCCC)(OCCCCC)N(Cl)P(Cl)N1Cl. The zero-order valence-corrected chi connectivity index (χ0v) is 21.5. The van der Waals surface area contributed by atoms with E-state index in [1.165, 1.54) is 7.92 Å². The Morgan fingerprint density at radius 3 is 1.78 bits per heavy atom. The fraction of sp³-hybridized carbons (Fsp3) is 1.00. The minimum atomic E-state index is -2.87. The van der Waals surface area contributed by atoms with E-state index in [9.17, 15) is 0 Å². The highest BCUT2D eigenvalue weighted by Crippen LogP contribution is 2.82. The standard InChI is InChI=1S/C15H33Cl3N3O3P3/c1-4-7-10-13-22-26-19-27(23-14-11-8-5-2,24-15-12-9-6-3)21(17)25(18)20(26)16/h4-15H2,1-3H3. The summed E-state index contributed by atoms with van der Waals surface area (Å²) in [5, 5.41) is 0. The van der Waals surface area contributed by atoms with Crippen molar-refractivity contribution in [1.29, 1.82) is 0 Å². The van der Waals surface area contributed by atoms with Crippen molar-refractivity contribution in [2.45, 2.75) is 78.6 Å². The second kappa shape index (κ2) is 15.5. The fourth-order valence-corrected chi connectivity index (χ4v) is 11.7. The van der Waals surface area contributed by atoms with Crippen LogP contribution >= 0.6 is 58.5 Å². The van der Waals surface area contributed by atoms with Crippen molar-refractivity contribution in [3.8, 4) is 0 Å². The maximum absolute atomic E-state index is 6.52. The lowest BCUT2D eigenvalue weighted by molar-refractivity contribution is 0.218. The predicted octanol–water partition coefficient (Wildman–Crippen LogP) is 9.17. The summed E-state index contributed by atoms with van der Waals surface area (Å²) in [7, 11) is -5.86. The van der Waals surface area contributed by atoms with E-state index in [1.54, 1.807) is 0 Å². The molecule has 6 nitrogen and oxygen atoms in total. The molecule has 1 aliphatic heterocycles. The van der Waals surface area contributed by atoms with E-state index in [0.717, 1.165) is 57.8 Å². The van der Waals surface area contributed by atoms with Gasteiger partial charge in [0.05, 0.1) is 19.8 Å². The molecule has 0 aromatic carbocycles. The Balaban J connectivity index is 2.92. The van der Waals surface area contributed by atoms with Crippen LogP contribution in [0, 0.1) is 0 Å². The molecule has 0 saturated carbocycles. The molecule has 27 heavy (non-hydrogen) atoms. The first-order valence-electron chi connectivity index (χ1n) is 9.74. The van der Waals surface area contributed by atoms with Gasteiger partial charge in [-0.25, -0.2) is 0 Å². The number of halogens is 3. The molecule has 1 aliphatic rings. The van der Waals surface area contributed by atoms with Gasteiger partial charge < -0.3 is 13.6 Å². The van der Waals surface area contributed by atoms with Crippen molar-refractivity contribution in [2.75, 3.05) is 19.8 Å². The van der Waals surface area contributed by atoms with E-state index in [1.807, 2.05) is 0 Å². The van der Waals surface area contributed by atoms with Gasteiger partial charge in [-0.05, 0) is 42.8 Å². The summed E-state index contributed by atoms with van der Waals surface area (Å²) in [5.41, 5.74) is 0. The van der Waals surface area contributed by atoms with Gasteiger partial charge >= 0.3 is 7.66 Å². The summed E-state index contributed by atoms with van der Waals surface area (Å²) in [5.74, 6) is 0. The highest BCUT2D eigenvalue weighted by molar-refractivity contribution is 7.94. The summed E-state index contributed by atoms with van der Waals surface area (Å²) >= 11 is 19.4. The van der Waals surface area contributed by atoms with Crippen LogP contribution in [0.4, 0.5) is 0 Å². The molecule has 12 heteroatoms. The molecule has 1 heterocycles. The number of hydrogen-bond donors (Lipinski definition) is 0. The van der Waals surface area contributed by atoms with Gasteiger partial charge in [0.2, 0.25) is 0 Å². The average molecular weight is 503 g/mol. The van der Waals surface area contributed by atoms with E-state index in [4.69, 9.17) is 52.9 Å². The normalized spacial score (nSPS) is 23.5. The Morgan fingerprint density at radius 2 is 1.30 bits per heavy atom. The largest absolute Gasteiger partial charge is 0.325 e. The number of rotatable bonds is 15. The third-order valence-corrected chi connectivity index (χ3v) is 14.0. The quantitative estimate of drug-likeness (QED) is 0.127. The van der Waals surface area contributed by atoms with E-state index < -0.39 is 23.7 Å². The van der Waals surface area contributed by atoms with Crippen LogP contribution in [0.3, 0.4) is 0 Å². The Labute approximate surface area is 182 Å². The molecule has 2 atom stereocenters. The van der Waals surface area contributed by atoms with Gasteiger partial charge in [0, 0.05) is 0 Å². The van der Waals surface area contributed by atoms with Gasteiger partial charge in [-0.3, -0.25) is 0 Å². The monoisotopic (exact) mass is 501 g/mol. The summed E-state index contributed by atoms with van der Waals surface area (Å²) in [4.78, 5) is 0. The Hall–Kier alpha value is 1.76. The van der Waals surface area contributed by atoms with Gasteiger partial charge in [0.15, 0.2) is 7.58 Å². The number of nitrogens with zero attached hydrogens (tertiary/aromatic N) is 3. The first-order chi connectivity index (χ1) is 13.0. The molecule has 0 aromatic rings. The summed E-state index contributed by atoms with van der Waals surface area (Å²) in [6.45, 7) is 8.10. The Kier molecular flexibility index (Phi) is 15.4. The molecular weight excluding hydrogens is 469 g/mol. The van der Waals surface area contributed by atoms with Crippen LogP contribution in [-0.2, 0) is 13.6 Å². The maximum atomic E-state index is 6.52. The first-order valence-corrected chi connectivity index (χ1v) is 15.3. The molecule has 0 aliphatic carbocycles. The van der Waals surface area contributed by atoms with E-state index in [0.29, 0.717) is 19.8 Å². The van der Waals surface area contributed by atoms with Crippen LogP contribution in [0.1, 0.15) is 78.6 Å². The van der Waals surface area contributed by atoms with Crippen LogP contribution in [-0.4, -0.2) is 27.7 Å². The van der Waals surface area contributed by atoms with Gasteiger partial charge in [-0.15, -0.1) is 3.96 Å². The summed E-state index contributed by atoms with van der Waals surface area (Å²) < 4.78 is 25.7. The smallest absolute Gasteiger partial charge is 0.317 e. The summed E-state index contributed by atoms with van der Waals surface area (Å²) in [6.07, 6.45) is 9.42. The minimum Gasteiger partial charge on any atom is -0.325 e. The molecule has 0 bridgehead atoms. The molecule has 0 aromatic heterocycles.